The van der Waals surface area contributed by atoms with E-state index in [0.29, 0.717) is 18.1 Å². The monoisotopic (exact) mass is 246 g/mol. The van der Waals surface area contributed by atoms with Crippen LogP contribution in [0.3, 0.4) is 0 Å². The van der Waals surface area contributed by atoms with Gasteiger partial charge in [0.1, 0.15) is 0 Å². The Balaban J connectivity index is 2.12. The Morgan fingerprint density at radius 2 is 1.94 bits per heavy atom. The zero-order valence-corrected chi connectivity index (χ0v) is 10.9. The fraction of sp³-hybridized carbons (Fsp3) is 0.462. The Labute approximate surface area is 106 Å². The Hall–Kier alpha value is -1.75. The number of hydrogen-bond donors (Lipinski definition) is 1. The molecule has 0 aliphatic carbocycles. The summed E-state index contributed by atoms with van der Waals surface area (Å²) < 4.78 is 5.22. The maximum absolute atomic E-state index is 6.09. The third-order valence-electron chi connectivity index (χ3n) is 2.91. The fourth-order valence-corrected chi connectivity index (χ4v) is 1.45. The summed E-state index contributed by atoms with van der Waals surface area (Å²) in [5.41, 5.74) is 7.00. The van der Waals surface area contributed by atoms with Crippen LogP contribution in [0.2, 0.25) is 0 Å². The lowest BCUT2D eigenvalue weighted by molar-refractivity contribution is 0.286. The smallest absolute Gasteiger partial charge is 0.228 e. The minimum Gasteiger partial charge on any atom is -0.339 e. The van der Waals surface area contributed by atoms with Crippen LogP contribution in [0, 0.1) is 5.41 Å². The van der Waals surface area contributed by atoms with Gasteiger partial charge in [-0.05, 0) is 17.5 Å². The number of hydrogen-bond acceptors (Lipinski definition) is 5. The highest BCUT2D eigenvalue weighted by atomic mass is 16.5. The number of rotatable bonds is 3. The molecule has 0 aliphatic rings. The van der Waals surface area contributed by atoms with Crippen molar-refractivity contribution in [2.75, 3.05) is 0 Å². The van der Waals surface area contributed by atoms with Crippen LogP contribution in [0.4, 0.5) is 0 Å². The minimum absolute atomic E-state index is 0.0109. The first-order valence-corrected chi connectivity index (χ1v) is 5.95. The van der Waals surface area contributed by atoms with Gasteiger partial charge in [0, 0.05) is 30.4 Å². The van der Waals surface area contributed by atoms with Gasteiger partial charge in [-0.25, -0.2) is 0 Å². The van der Waals surface area contributed by atoms with E-state index in [-0.39, 0.29) is 11.5 Å². The van der Waals surface area contributed by atoms with Crippen molar-refractivity contribution in [3.8, 4) is 11.4 Å². The first kappa shape index (κ1) is 12.7. The SMILES string of the molecule is CC(C)(C)C(N)Cc1nc(-c2ccncc2)no1. The largest absolute Gasteiger partial charge is 0.339 e. The molecular weight excluding hydrogens is 228 g/mol. The molecule has 0 fully saturated rings. The van der Waals surface area contributed by atoms with Gasteiger partial charge in [0.05, 0.1) is 0 Å². The highest BCUT2D eigenvalue weighted by molar-refractivity contribution is 5.52. The van der Waals surface area contributed by atoms with Crippen molar-refractivity contribution in [3.05, 3.63) is 30.4 Å². The van der Waals surface area contributed by atoms with E-state index in [1.165, 1.54) is 0 Å². The molecule has 2 N–H and O–H groups in total. The van der Waals surface area contributed by atoms with Crippen LogP contribution in [-0.4, -0.2) is 21.2 Å². The van der Waals surface area contributed by atoms with Gasteiger partial charge >= 0.3 is 0 Å². The molecule has 18 heavy (non-hydrogen) atoms. The number of nitrogens with two attached hydrogens (primary N) is 1. The van der Waals surface area contributed by atoms with Crippen molar-refractivity contribution >= 4 is 0 Å². The van der Waals surface area contributed by atoms with E-state index in [1.54, 1.807) is 12.4 Å². The zero-order valence-electron chi connectivity index (χ0n) is 10.9. The molecule has 96 valence electrons. The molecule has 1 unspecified atom stereocenters. The predicted molar refractivity (Wildman–Crippen MR) is 68.7 cm³/mol. The quantitative estimate of drug-likeness (QED) is 0.896. The molecule has 2 aromatic rings. The topological polar surface area (TPSA) is 77.8 Å². The minimum atomic E-state index is -0.0109. The lowest BCUT2D eigenvalue weighted by Crippen LogP contribution is -2.36. The van der Waals surface area contributed by atoms with E-state index < -0.39 is 0 Å². The van der Waals surface area contributed by atoms with Gasteiger partial charge in [-0.3, -0.25) is 4.98 Å². The predicted octanol–water partition coefficient (Wildman–Crippen LogP) is 2.05. The molecule has 5 heteroatoms. The van der Waals surface area contributed by atoms with Crippen LogP contribution in [-0.2, 0) is 6.42 Å². The second kappa shape index (κ2) is 4.86. The highest BCUT2D eigenvalue weighted by Crippen LogP contribution is 2.21. The molecule has 2 aromatic heterocycles. The van der Waals surface area contributed by atoms with Gasteiger partial charge in [-0.15, -0.1) is 0 Å². The third kappa shape index (κ3) is 2.92. The van der Waals surface area contributed by atoms with Gasteiger partial charge in [0.15, 0.2) is 0 Å². The normalized spacial score (nSPS) is 13.6. The maximum atomic E-state index is 6.09. The van der Waals surface area contributed by atoms with Crippen LogP contribution in [0.15, 0.2) is 29.0 Å². The summed E-state index contributed by atoms with van der Waals surface area (Å²) in [6.45, 7) is 6.29. The number of nitrogens with zero attached hydrogens (tertiary/aromatic N) is 3. The molecule has 2 heterocycles. The molecule has 0 amide bonds. The Bertz CT molecular complexity index is 501. The van der Waals surface area contributed by atoms with Crippen molar-refractivity contribution < 1.29 is 4.52 Å². The average Bonchev–Trinajstić information content (AvgIpc) is 2.77. The molecule has 2 rings (SSSR count). The number of aromatic nitrogens is 3. The summed E-state index contributed by atoms with van der Waals surface area (Å²) in [5, 5.41) is 3.95. The standard InChI is InChI=1S/C13H18N4O/c1-13(2,3)10(14)8-11-16-12(17-18-11)9-4-6-15-7-5-9/h4-7,10H,8,14H2,1-3H3. The molecule has 0 saturated carbocycles. The molecule has 0 saturated heterocycles. The van der Waals surface area contributed by atoms with Crippen LogP contribution in [0.5, 0.6) is 0 Å². The molecule has 0 aliphatic heterocycles. The lowest BCUT2D eigenvalue weighted by atomic mass is 9.85. The molecule has 0 spiro atoms. The van der Waals surface area contributed by atoms with Gasteiger partial charge in [-0.2, -0.15) is 4.98 Å². The van der Waals surface area contributed by atoms with E-state index in [0.717, 1.165) is 5.56 Å². The van der Waals surface area contributed by atoms with Gasteiger partial charge < -0.3 is 10.3 Å². The summed E-state index contributed by atoms with van der Waals surface area (Å²) in [5.74, 6) is 1.15. The average molecular weight is 246 g/mol. The number of pyridine rings is 1. The fourth-order valence-electron chi connectivity index (χ4n) is 1.45. The second-order valence-electron chi connectivity index (χ2n) is 5.42. The summed E-state index contributed by atoms with van der Waals surface area (Å²) >= 11 is 0. The van der Waals surface area contributed by atoms with Crippen molar-refractivity contribution in [2.24, 2.45) is 11.1 Å². The van der Waals surface area contributed by atoms with Gasteiger partial charge in [0.2, 0.25) is 11.7 Å². The van der Waals surface area contributed by atoms with E-state index in [1.807, 2.05) is 12.1 Å². The van der Waals surface area contributed by atoms with E-state index >= 15 is 0 Å². The van der Waals surface area contributed by atoms with Gasteiger partial charge in [0.25, 0.3) is 0 Å². The Morgan fingerprint density at radius 1 is 1.28 bits per heavy atom. The van der Waals surface area contributed by atoms with Crippen LogP contribution < -0.4 is 5.73 Å². The molecular formula is C13H18N4O. The van der Waals surface area contributed by atoms with Crippen LogP contribution in [0.1, 0.15) is 26.7 Å². The van der Waals surface area contributed by atoms with Crippen molar-refractivity contribution in [3.63, 3.8) is 0 Å². The van der Waals surface area contributed by atoms with Crippen molar-refractivity contribution in [2.45, 2.75) is 33.2 Å². The van der Waals surface area contributed by atoms with Crippen LogP contribution >= 0.6 is 0 Å². The first-order valence-electron chi connectivity index (χ1n) is 5.95. The Morgan fingerprint density at radius 3 is 2.56 bits per heavy atom. The molecule has 1 atom stereocenters. The zero-order chi connectivity index (χ0) is 13.2. The summed E-state index contributed by atoms with van der Waals surface area (Å²) in [6, 6.07) is 3.68. The highest BCUT2D eigenvalue weighted by Gasteiger charge is 2.23. The summed E-state index contributed by atoms with van der Waals surface area (Å²) in [4.78, 5) is 8.30. The first-order chi connectivity index (χ1) is 8.47. The van der Waals surface area contributed by atoms with Crippen molar-refractivity contribution in [1.82, 2.24) is 15.1 Å². The summed E-state index contributed by atoms with van der Waals surface area (Å²) in [7, 11) is 0. The van der Waals surface area contributed by atoms with Crippen LogP contribution in [0.25, 0.3) is 11.4 Å². The molecule has 0 radical (unpaired) electrons. The maximum Gasteiger partial charge on any atom is 0.228 e. The molecule has 0 aromatic carbocycles. The van der Waals surface area contributed by atoms with E-state index in [9.17, 15) is 0 Å². The van der Waals surface area contributed by atoms with Crippen molar-refractivity contribution in [1.29, 1.82) is 0 Å². The van der Waals surface area contributed by atoms with E-state index in [4.69, 9.17) is 10.3 Å². The molecule has 5 nitrogen and oxygen atoms in total. The Kier molecular flexibility index (Phi) is 3.43. The van der Waals surface area contributed by atoms with E-state index in [2.05, 4.69) is 35.9 Å². The second-order valence-corrected chi connectivity index (χ2v) is 5.42. The molecule has 0 bridgehead atoms. The lowest BCUT2D eigenvalue weighted by Gasteiger charge is -2.25. The third-order valence-corrected chi connectivity index (χ3v) is 2.91. The van der Waals surface area contributed by atoms with Gasteiger partial charge in [-0.1, -0.05) is 25.9 Å². The summed E-state index contributed by atoms with van der Waals surface area (Å²) in [6.07, 6.45) is 3.99.